The van der Waals surface area contributed by atoms with Crippen LogP contribution in [0.3, 0.4) is 0 Å². The van der Waals surface area contributed by atoms with Crippen LogP contribution in [0.25, 0.3) is 11.3 Å². The fraction of sp³-hybridized carbons (Fsp3) is 0.304. The van der Waals surface area contributed by atoms with Gasteiger partial charge in [-0.2, -0.15) is 0 Å². The molecule has 32 heavy (non-hydrogen) atoms. The lowest BCUT2D eigenvalue weighted by Gasteiger charge is -2.20. The Kier molecular flexibility index (Phi) is 4.96. The Bertz CT molecular complexity index is 1230. The monoisotopic (exact) mass is 437 g/mol. The van der Waals surface area contributed by atoms with E-state index in [2.05, 4.69) is 15.3 Å². The van der Waals surface area contributed by atoms with Crippen molar-refractivity contribution < 1.29 is 13.6 Å². The van der Waals surface area contributed by atoms with Gasteiger partial charge in [0.2, 0.25) is 5.95 Å². The number of fused-ring (bicyclic) bond motifs is 1. The van der Waals surface area contributed by atoms with Crippen LogP contribution in [0.5, 0.6) is 0 Å². The van der Waals surface area contributed by atoms with Crippen molar-refractivity contribution in [2.75, 3.05) is 25.0 Å². The van der Waals surface area contributed by atoms with E-state index < -0.39 is 5.82 Å². The van der Waals surface area contributed by atoms with Gasteiger partial charge in [-0.05, 0) is 48.1 Å². The first-order valence-electron chi connectivity index (χ1n) is 10.4. The molecule has 0 spiro atoms. The van der Waals surface area contributed by atoms with Gasteiger partial charge in [0.15, 0.2) is 5.82 Å². The number of aromatic nitrogens is 3. The molecule has 1 amide bonds. The topological polar surface area (TPSA) is 80.1 Å². The molecule has 1 aliphatic carbocycles. The number of halogens is 2. The number of likely N-dealkylation sites (tertiary alicyclic amines) is 1. The summed E-state index contributed by atoms with van der Waals surface area (Å²) in [5.74, 6) is 0.505. The maximum absolute atomic E-state index is 14.1. The van der Waals surface area contributed by atoms with E-state index in [0.29, 0.717) is 48.9 Å². The van der Waals surface area contributed by atoms with Crippen LogP contribution in [0.4, 0.5) is 14.7 Å². The first-order chi connectivity index (χ1) is 15.4. The smallest absolute Gasteiger partial charge is 0.255 e. The number of hydrogen-bond donors (Lipinski definition) is 1. The number of carbonyl (C=O) groups excluding carboxylic acids is 1. The van der Waals surface area contributed by atoms with Crippen LogP contribution < -0.4 is 10.9 Å². The standard InChI is InChI=1S/C23H21F2N5O2/c1-29-21(31)8-20(15-6-7-26-10-19(15)25)28-23(29)27-9-16-17-11-30(12-18(16)17)22(32)13-2-4-14(24)5-3-13/h2-8,10,16-18H,9,11-12H2,1H3,(H,27,28). The summed E-state index contributed by atoms with van der Waals surface area (Å²) < 4.78 is 28.6. The van der Waals surface area contributed by atoms with E-state index in [9.17, 15) is 18.4 Å². The molecule has 2 atom stereocenters. The molecule has 1 aliphatic heterocycles. The first-order valence-corrected chi connectivity index (χ1v) is 10.4. The fourth-order valence-corrected chi connectivity index (χ4v) is 4.52. The summed E-state index contributed by atoms with van der Waals surface area (Å²) in [6, 6.07) is 8.38. The van der Waals surface area contributed by atoms with E-state index in [0.717, 1.165) is 6.20 Å². The van der Waals surface area contributed by atoms with Crippen molar-refractivity contribution >= 4 is 11.9 Å². The molecule has 5 rings (SSSR count). The van der Waals surface area contributed by atoms with Crippen molar-refractivity contribution in [3.8, 4) is 11.3 Å². The molecule has 1 N–H and O–H groups in total. The van der Waals surface area contributed by atoms with E-state index in [4.69, 9.17) is 0 Å². The number of amides is 1. The van der Waals surface area contributed by atoms with Crippen LogP contribution >= 0.6 is 0 Å². The van der Waals surface area contributed by atoms with Crippen molar-refractivity contribution in [2.24, 2.45) is 24.8 Å². The number of carbonyl (C=O) groups is 1. The van der Waals surface area contributed by atoms with Crippen molar-refractivity contribution in [2.45, 2.75) is 0 Å². The summed E-state index contributed by atoms with van der Waals surface area (Å²) in [7, 11) is 1.61. The molecule has 0 radical (unpaired) electrons. The molecular weight excluding hydrogens is 416 g/mol. The van der Waals surface area contributed by atoms with Gasteiger partial charge in [0.1, 0.15) is 5.82 Å². The molecule has 164 valence electrons. The summed E-state index contributed by atoms with van der Waals surface area (Å²) in [5, 5.41) is 3.22. The molecule has 2 unspecified atom stereocenters. The second-order valence-electron chi connectivity index (χ2n) is 8.31. The van der Waals surface area contributed by atoms with Gasteiger partial charge in [0, 0.05) is 50.1 Å². The molecule has 1 saturated carbocycles. The SMILES string of the molecule is Cn1c(NCC2C3CN(C(=O)c4ccc(F)cc4)CC23)nc(-c2ccncc2F)cc1=O. The van der Waals surface area contributed by atoms with Crippen molar-refractivity contribution in [1.82, 2.24) is 19.4 Å². The summed E-state index contributed by atoms with van der Waals surface area (Å²) in [5.41, 5.74) is 0.670. The number of nitrogens with one attached hydrogen (secondary N) is 1. The van der Waals surface area contributed by atoms with E-state index in [1.165, 1.54) is 47.2 Å². The summed E-state index contributed by atoms with van der Waals surface area (Å²) in [6.45, 7) is 1.92. The van der Waals surface area contributed by atoms with Gasteiger partial charge >= 0.3 is 0 Å². The number of nitrogens with zero attached hydrogens (tertiary/aromatic N) is 4. The summed E-state index contributed by atoms with van der Waals surface area (Å²) >= 11 is 0. The minimum atomic E-state index is -0.540. The predicted octanol–water partition coefficient (Wildman–Crippen LogP) is 2.55. The third kappa shape index (κ3) is 3.63. The Morgan fingerprint density at radius 3 is 2.56 bits per heavy atom. The van der Waals surface area contributed by atoms with Gasteiger partial charge in [-0.3, -0.25) is 19.1 Å². The molecule has 2 aromatic heterocycles. The Labute approximate surface area is 182 Å². The van der Waals surface area contributed by atoms with Gasteiger partial charge in [0.05, 0.1) is 11.9 Å². The van der Waals surface area contributed by atoms with Crippen molar-refractivity contribution in [3.05, 3.63) is 76.3 Å². The molecule has 1 aromatic carbocycles. The number of benzene rings is 1. The van der Waals surface area contributed by atoms with Crippen LogP contribution in [0.1, 0.15) is 10.4 Å². The number of rotatable bonds is 5. The van der Waals surface area contributed by atoms with E-state index in [1.807, 2.05) is 0 Å². The lowest BCUT2D eigenvalue weighted by atomic mass is 10.2. The van der Waals surface area contributed by atoms with Gasteiger partial charge in [0.25, 0.3) is 11.5 Å². The Hall–Kier alpha value is -3.62. The molecule has 2 aliphatic rings. The Morgan fingerprint density at radius 2 is 1.88 bits per heavy atom. The van der Waals surface area contributed by atoms with Crippen LogP contribution in [-0.4, -0.2) is 45.0 Å². The second-order valence-corrected chi connectivity index (χ2v) is 8.31. The molecule has 9 heteroatoms. The minimum absolute atomic E-state index is 0.0833. The molecule has 0 bridgehead atoms. The van der Waals surface area contributed by atoms with Crippen LogP contribution in [0, 0.1) is 29.4 Å². The largest absolute Gasteiger partial charge is 0.355 e. The van der Waals surface area contributed by atoms with Gasteiger partial charge in [-0.25, -0.2) is 13.8 Å². The highest BCUT2D eigenvalue weighted by molar-refractivity contribution is 5.94. The minimum Gasteiger partial charge on any atom is -0.355 e. The van der Waals surface area contributed by atoms with E-state index in [-0.39, 0.29) is 28.5 Å². The second kappa shape index (κ2) is 7.81. The highest BCUT2D eigenvalue weighted by Crippen LogP contribution is 2.51. The summed E-state index contributed by atoms with van der Waals surface area (Å²) in [4.78, 5) is 34.9. The molecule has 3 heterocycles. The highest BCUT2D eigenvalue weighted by Gasteiger charge is 2.56. The highest BCUT2D eigenvalue weighted by atomic mass is 19.1. The number of hydrogen-bond acceptors (Lipinski definition) is 5. The quantitative estimate of drug-likeness (QED) is 0.664. The van der Waals surface area contributed by atoms with E-state index in [1.54, 1.807) is 11.9 Å². The lowest BCUT2D eigenvalue weighted by molar-refractivity contribution is 0.0768. The molecular formula is C23H21F2N5O2. The Morgan fingerprint density at radius 1 is 1.16 bits per heavy atom. The predicted molar refractivity (Wildman–Crippen MR) is 114 cm³/mol. The fourth-order valence-electron chi connectivity index (χ4n) is 4.52. The van der Waals surface area contributed by atoms with Gasteiger partial charge in [-0.15, -0.1) is 0 Å². The maximum atomic E-state index is 14.1. The maximum Gasteiger partial charge on any atom is 0.255 e. The zero-order chi connectivity index (χ0) is 22.4. The van der Waals surface area contributed by atoms with E-state index >= 15 is 0 Å². The average Bonchev–Trinajstić information content (AvgIpc) is 3.23. The zero-order valence-electron chi connectivity index (χ0n) is 17.3. The lowest BCUT2D eigenvalue weighted by Crippen LogP contribution is -2.32. The van der Waals surface area contributed by atoms with Crippen LogP contribution in [0.2, 0.25) is 0 Å². The average molecular weight is 437 g/mol. The molecule has 1 saturated heterocycles. The van der Waals surface area contributed by atoms with Gasteiger partial charge < -0.3 is 10.2 Å². The Balaban J connectivity index is 1.23. The first kappa shape index (κ1) is 20.3. The molecule has 2 fully saturated rings. The number of piperidine rings is 1. The number of pyridine rings is 1. The van der Waals surface area contributed by atoms with Crippen molar-refractivity contribution in [3.63, 3.8) is 0 Å². The number of anilines is 1. The third-order valence-electron chi connectivity index (χ3n) is 6.43. The van der Waals surface area contributed by atoms with Gasteiger partial charge in [-0.1, -0.05) is 0 Å². The van der Waals surface area contributed by atoms with Crippen LogP contribution in [-0.2, 0) is 7.05 Å². The third-order valence-corrected chi connectivity index (χ3v) is 6.43. The van der Waals surface area contributed by atoms with Crippen molar-refractivity contribution in [1.29, 1.82) is 0 Å². The zero-order valence-corrected chi connectivity index (χ0v) is 17.3. The van der Waals surface area contributed by atoms with Crippen LogP contribution in [0.15, 0.2) is 53.6 Å². The normalized spacial score (nSPS) is 21.3. The molecule has 3 aromatic rings. The molecule has 7 nitrogen and oxygen atoms in total. The summed E-state index contributed by atoms with van der Waals surface area (Å²) in [6.07, 6.45) is 2.54.